The molecule has 1 unspecified atom stereocenters. The molecule has 19 heavy (non-hydrogen) atoms. The minimum atomic E-state index is 0.236. The molecule has 0 aliphatic heterocycles. The van der Waals surface area contributed by atoms with E-state index in [4.69, 9.17) is 9.47 Å². The van der Waals surface area contributed by atoms with Crippen molar-refractivity contribution in [3.05, 3.63) is 40.1 Å². The molecule has 2 aromatic rings. The average molecular weight is 277 g/mol. The first-order chi connectivity index (χ1) is 9.13. The highest BCUT2D eigenvalue weighted by Crippen LogP contribution is 2.33. The van der Waals surface area contributed by atoms with Gasteiger partial charge >= 0.3 is 0 Å². The Labute approximate surface area is 118 Å². The molecule has 1 aromatic carbocycles. The summed E-state index contributed by atoms with van der Waals surface area (Å²) in [4.78, 5) is 2.63. The summed E-state index contributed by atoms with van der Waals surface area (Å²) in [6.07, 6.45) is 0. The van der Waals surface area contributed by atoms with E-state index in [0.29, 0.717) is 0 Å². The number of rotatable bonds is 5. The number of methoxy groups -OCH3 is 2. The van der Waals surface area contributed by atoms with Crippen LogP contribution in [0, 0.1) is 6.92 Å². The van der Waals surface area contributed by atoms with E-state index in [0.717, 1.165) is 17.2 Å². The minimum absolute atomic E-state index is 0.236. The summed E-state index contributed by atoms with van der Waals surface area (Å²) in [6, 6.07) is 10.3. The standard InChI is InChI=1S/C15H19NO2S/c1-10-5-8-15(19-10)11(2)16-13-9-12(17-3)6-7-14(13)18-4/h5-9,11,16H,1-4H3. The smallest absolute Gasteiger partial charge is 0.142 e. The van der Waals surface area contributed by atoms with Gasteiger partial charge in [0.2, 0.25) is 0 Å². The van der Waals surface area contributed by atoms with E-state index in [-0.39, 0.29) is 6.04 Å². The molecule has 0 radical (unpaired) electrons. The van der Waals surface area contributed by atoms with Crippen LogP contribution >= 0.6 is 11.3 Å². The van der Waals surface area contributed by atoms with Crippen LogP contribution in [0.4, 0.5) is 5.69 Å². The van der Waals surface area contributed by atoms with Gasteiger partial charge in [-0.3, -0.25) is 0 Å². The number of benzene rings is 1. The van der Waals surface area contributed by atoms with Gasteiger partial charge in [-0.2, -0.15) is 0 Å². The van der Waals surface area contributed by atoms with Crippen molar-refractivity contribution in [3.8, 4) is 11.5 Å². The van der Waals surface area contributed by atoms with Gasteiger partial charge in [0.05, 0.1) is 25.9 Å². The molecule has 1 heterocycles. The predicted molar refractivity (Wildman–Crippen MR) is 80.6 cm³/mol. The second-order valence-electron chi connectivity index (χ2n) is 4.38. The third-order valence-electron chi connectivity index (χ3n) is 2.97. The second kappa shape index (κ2) is 5.97. The van der Waals surface area contributed by atoms with Crippen LogP contribution in [-0.4, -0.2) is 14.2 Å². The Morgan fingerprint density at radius 2 is 1.89 bits per heavy atom. The van der Waals surface area contributed by atoms with Crippen LogP contribution in [0.1, 0.15) is 22.7 Å². The number of ether oxygens (including phenoxy) is 2. The van der Waals surface area contributed by atoms with Crippen molar-refractivity contribution in [2.75, 3.05) is 19.5 Å². The zero-order chi connectivity index (χ0) is 13.8. The largest absolute Gasteiger partial charge is 0.497 e. The van der Waals surface area contributed by atoms with Crippen molar-refractivity contribution in [1.29, 1.82) is 0 Å². The maximum Gasteiger partial charge on any atom is 0.142 e. The lowest BCUT2D eigenvalue weighted by Gasteiger charge is -2.17. The van der Waals surface area contributed by atoms with Gasteiger partial charge in [-0.05, 0) is 38.1 Å². The van der Waals surface area contributed by atoms with E-state index in [1.54, 1.807) is 25.6 Å². The molecule has 1 aromatic heterocycles. The van der Waals surface area contributed by atoms with Crippen molar-refractivity contribution in [2.45, 2.75) is 19.9 Å². The van der Waals surface area contributed by atoms with Gasteiger partial charge in [0, 0.05) is 15.8 Å². The van der Waals surface area contributed by atoms with Crippen molar-refractivity contribution in [1.82, 2.24) is 0 Å². The molecule has 1 atom stereocenters. The van der Waals surface area contributed by atoms with Crippen LogP contribution in [0.2, 0.25) is 0 Å². The molecule has 2 rings (SSSR count). The maximum atomic E-state index is 5.37. The first-order valence-electron chi connectivity index (χ1n) is 6.19. The minimum Gasteiger partial charge on any atom is -0.497 e. The van der Waals surface area contributed by atoms with E-state index in [1.165, 1.54) is 9.75 Å². The molecule has 0 amide bonds. The van der Waals surface area contributed by atoms with Crippen LogP contribution in [0.15, 0.2) is 30.3 Å². The third-order valence-corrected chi connectivity index (χ3v) is 4.15. The summed E-state index contributed by atoms with van der Waals surface area (Å²) >= 11 is 1.80. The molecular formula is C15H19NO2S. The summed E-state index contributed by atoms with van der Waals surface area (Å²) in [6.45, 7) is 4.26. The van der Waals surface area contributed by atoms with Crippen LogP contribution in [0.5, 0.6) is 11.5 Å². The average Bonchev–Trinajstić information content (AvgIpc) is 2.85. The van der Waals surface area contributed by atoms with Gasteiger partial charge in [-0.25, -0.2) is 0 Å². The van der Waals surface area contributed by atoms with Crippen LogP contribution in [0.3, 0.4) is 0 Å². The van der Waals surface area contributed by atoms with Gasteiger partial charge in [-0.1, -0.05) is 0 Å². The zero-order valence-electron chi connectivity index (χ0n) is 11.7. The van der Waals surface area contributed by atoms with Crippen molar-refractivity contribution >= 4 is 17.0 Å². The third kappa shape index (κ3) is 3.20. The lowest BCUT2D eigenvalue weighted by molar-refractivity contribution is 0.404. The lowest BCUT2D eigenvalue weighted by Crippen LogP contribution is -2.06. The Morgan fingerprint density at radius 3 is 2.47 bits per heavy atom. The number of thiophene rings is 1. The molecule has 4 heteroatoms. The highest BCUT2D eigenvalue weighted by Gasteiger charge is 2.11. The van der Waals surface area contributed by atoms with Crippen molar-refractivity contribution in [3.63, 3.8) is 0 Å². The Balaban J connectivity index is 2.21. The molecule has 1 N–H and O–H groups in total. The number of hydrogen-bond donors (Lipinski definition) is 1. The summed E-state index contributed by atoms with van der Waals surface area (Å²) in [5, 5.41) is 3.47. The monoisotopic (exact) mass is 277 g/mol. The van der Waals surface area contributed by atoms with Crippen LogP contribution < -0.4 is 14.8 Å². The number of hydrogen-bond acceptors (Lipinski definition) is 4. The van der Waals surface area contributed by atoms with E-state index in [1.807, 2.05) is 18.2 Å². The quantitative estimate of drug-likeness (QED) is 0.886. The molecule has 0 saturated carbocycles. The van der Waals surface area contributed by atoms with Gasteiger partial charge in [-0.15, -0.1) is 11.3 Å². The SMILES string of the molecule is COc1ccc(OC)c(NC(C)c2ccc(C)s2)c1. The molecule has 3 nitrogen and oxygen atoms in total. The number of anilines is 1. The van der Waals surface area contributed by atoms with Crippen LogP contribution in [0.25, 0.3) is 0 Å². The number of nitrogens with one attached hydrogen (secondary N) is 1. The fraction of sp³-hybridized carbons (Fsp3) is 0.333. The van der Waals surface area contributed by atoms with Gasteiger partial charge in [0.1, 0.15) is 11.5 Å². The second-order valence-corrected chi connectivity index (χ2v) is 5.70. The van der Waals surface area contributed by atoms with Crippen molar-refractivity contribution in [2.24, 2.45) is 0 Å². The van der Waals surface area contributed by atoms with E-state index in [2.05, 4.69) is 31.3 Å². The first-order valence-corrected chi connectivity index (χ1v) is 7.00. The highest BCUT2D eigenvalue weighted by molar-refractivity contribution is 7.12. The first kappa shape index (κ1) is 13.7. The molecule has 0 saturated heterocycles. The molecule has 0 spiro atoms. The Morgan fingerprint density at radius 1 is 1.11 bits per heavy atom. The molecule has 102 valence electrons. The molecule has 0 bridgehead atoms. The summed E-state index contributed by atoms with van der Waals surface area (Å²) in [5.74, 6) is 1.64. The van der Waals surface area contributed by atoms with Gasteiger partial charge in [0.25, 0.3) is 0 Å². The fourth-order valence-electron chi connectivity index (χ4n) is 1.92. The van der Waals surface area contributed by atoms with Crippen LogP contribution in [-0.2, 0) is 0 Å². The molecule has 0 aliphatic carbocycles. The van der Waals surface area contributed by atoms with E-state index in [9.17, 15) is 0 Å². The topological polar surface area (TPSA) is 30.5 Å². The fourth-order valence-corrected chi connectivity index (χ4v) is 2.80. The maximum absolute atomic E-state index is 5.37. The van der Waals surface area contributed by atoms with Crippen molar-refractivity contribution < 1.29 is 9.47 Å². The molecule has 0 aliphatic rings. The number of aryl methyl sites for hydroxylation is 1. The van der Waals surface area contributed by atoms with Gasteiger partial charge < -0.3 is 14.8 Å². The highest BCUT2D eigenvalue weighted by atomic mass is 32.1. The molecule has 0 fully saturated rings. The normalized spacial score (nSPS) is 12.0. The zero-order valence-corrected chi connectivity index (χ0v) is 12.5. The predicted octanol–water partition coefficient (Wildman–Crippen LogP) is 4.25. The Bertz CT molecular complexity index is 551. The molecular weight excluding hydrogens is 258 g/mol. The van der Waals surface area contributed by atoms with E-state index < -0.39 is 0 Å². The lowest BCUT2D eigenvalue weighted by atomic mass is 10.2. The summed E-state index contributed by atoms with van der Waals surface area (Å²) in [5.41, 5.74) is 0.945. The Hall–Kier alpha value is -1.68. The summed E-state index contributed by atoms with van der Waals surface area (Å²) in [7, 11) is 3.34. The summed E-state index contributed by atoms with van der Waals surface area (Å²) < 4.78 is 10.6. The van der Waals surface area contributed by atoms with E-state index >= 15 is 0 Å². The van der Waals surface area contributed by atoms with Gasteiger partial charge in [0.15, 0.2) is 0 Å². The Kier molecular flexibility index (Phi) is 4.32.